The van der Waals surface area contributed by atoms with Crippen molar-refractivity contribution < 1.29 is 9.31 Å². The minimum atomic E-state index is -0.665. The third kappa shape index (κ3) is 2.83. The maximum absolute atomic E-state index is 13.5. The van der Waals surface area contributed by atoms with Gasteiger partial charge in [0, 0.05) is 24.1 Å². The van der Waals surface area contributed by atoms with Gasteiger partial charge in [-0.25, -0.2) is 4.39 Å². The summed E-state index contributed by atoms with van der Waals surface area (Å²) < 4.78 is 13.5. The number of halogens is 2. The maximum Gasteiger partial charge on any atom is 0.294 e. The molecule has 0 saturated heterocycles. The summed E-state index contributed by atoms with van der Waals surface area (Å²) in [5.41, 5.74) is 1.14. The molecular formula is C15H12ClFN2O2. The first kappa shape index (κ1) is 13.8. The number of hydrogen-bond acceptors (Lipinski definition) is 3. The second kappa shape index (κ2) is 5.33. The average molecular weight is 307 g/mol. The lowest BCUT2D eigenvalue weighted by Gasteiger charge is -2.08. The van der Waals surface area contributed by atoms with Crippen LogP contribution in [0.4, 0.5) is 15.8 Å². The van der Waals surface area contributed by atoms with Crippen molar-refractivity contribution in [3.8, 4) is 0 Å². The molecule has 0 amide bonds. The number of nitrogens with one attached hydrogen (secondary N) is 1. The van der Waals surface area contributed by atoms with Crippen LogP contribution in [-0.2, 0) is 0 Å². The summed E-state index contributed by atoms with van der Waals surface area (Å²) in [5.74, 6) is -0.369. The predicted molar refractivity (Wildman–Crippen MR) is 79.3 cm³/mol. The quantitative estimate of drug-likeness (QED) is 0.674. The van der Waals surface area contributed by atoms with Crippen molar-refractivity contribution in [3.05, 3.63) is 69.0 Å². The zero-order valence-corrected chi connectivity index (χ0v) is 11.7. The molecule has 0 heterocycles. The molecule has 6 heteroatoms. The Kier molecular flexibility index (Phi) is 3.51. The Labute approximate surface area is 125 Å². The number of benzene rings is 2. The van der Waals surface area contributed by atoms with Crippen LogP contribution in [0.1, 0.15) is 17.9 Å². The maximum atomic E-state index is 13.5. The molecule has 2 atom stereocenters. The number of nitro groups is 1. The molecule has 0 spiro atoms. The number of nitrogens with zero attached hydrogens (tertiary/aromatic N) is 1. The first-order chi connectivity index (χ1) is 10.1. The average Bonchev–Trinajstić information content (AvgIpc) is 3.22. The van der Waals surface area contributed by atoms with Crippen LogP contribution in [0, 0.1) is 15.9 Å². The van der Waals surface area contributed by atoms with Crippen molar-refractivity contribution in [2.45, 2.75) is 18.4 Å². The fourth-order valence-corrected chi connectivity index (χ4v) is 2.58. The van der Waals surface area contributed by atoms with Gasteiger partial charge in [-0.15, -0.1) is 0 Å². The van der Waals surface area contributed by atoms with Gasteiger partial charge in [-0.1, -0.05) is 41.9 Å². The SMILES string of the molecule is O=[N+]([O-])c1cc(Cl)c(F)cc1NC1CC1c1ccccc1. The number of rotatable bonds is 4. The molecule has 1 saturated carbocycles. The highest BCUT2D eigenvalue weighted by molar-refractivity contribution is 6.31. The third-order valence-corrected chi connectivity index (χ3v) is 3.88. The van der Waals surface area contributed by atoms with Gasteiger partial charge in [0.1, 0.15) is 11.5 Å². The first-order valence-corrected chi connectivity index (χ1v) is 6.89. The molecule has 21 heavy (non-hydrogen) atoms. The van der Waals surface area contributed by atoms with E-state index >= 15 is 0 Å². The van der Waals surface area contributed by atoms with Crippen LogP contribution in [0.5, 0.6) is 0 Å². The Morgan fingerprint density at radius 2 is 2.00 bits per heavy atom. The van der Waals surface area contributed by atoms with E-state index in [1.807, 2.05) is 30.3 Å². The molecule has 2 unspecified atom stereocenters. The van der Waals surface area contributed by atoms with Crippen LogP contribution in [0.3, 0.4) is 0 Å². The molecule has 4 nitrogen and oxygen atoms in total. The molecule has 3 rings (SSSR count). The van der Waals surface area contributed by atoms with Crippen molar-refractivity contribution in [3.63, 3.8) is 0 Å². The lowest BCUT2D eigenvalue weighted by molar-refractivity contribution is -0.384. The van der Waals surface area contributed by atoms with Crippen LogP contribution in [0.2, 0.25) is 5.02 Å². The van der Waals surface area contributed by atoms with E-state index in [0.29, 0.717) is 5.92 Å². The van der Waals surface area contributed by atoms with E-state index in [9.17, 15) is 14.5 Å². The molecule has 0 bridgehead atoms. The van der Waals surface area contributed by atoms with Gasteiger partial charge in [-0.05, 0) is 12.0 Å². The summed E-state index contributed by atoms with van der Waals surface area (Å²) >= 11 is 5.60. The lowest BCUT2D eigenvalue weighted by Crippen LogP contribution is -2.07. The van der Waals surface area contributed by atoms with Gasteiger partial charge < -0.3 is 5.32 Å². The molecule has 2 aromatic carbocycles. The van der Waals surface area contributed by atoms with Gasteiger partial charge in [0.25, 0.3) is 5.69 Å². The molecule has 1 aliphatic carbocycles. The molecule has 0 radical (unpaired) electrons. The van der Waals surface area contributed by atoms with E-state index in [0.717, 1.165) is 18.6 Å². The molecule has 1 fully saturated rings. The Morgan fingerprint density at radius 1 is 1.29 bits per heavy atom. The predicted octanol–water partition coefficient (Wildman–Crippen LogP) is 4.36. The Morgan fingerprint density at radius 3 is 2.67 bits per heavy atom. The molecule has 2 aromatic rings. The molecule has 1 N–H and O–H groups in total. The van der Waals surface area contributed by atoms with E-state index in [1.165, 1.54) is 5.56 Å². The van der Waals surface area contributed by atoms with Crippen molar-refractivity contribution in [1.82, 2.24) is 0 Å². The highest BCUT2D eigenvalue weighted by Crippen LogP contribution is 2.44. The minimum Gasteiger partial charge on any atom is -0.376 e. The van der Waals surface area contributed by atoms with Gasteiger partial charge in [0.15, 0.2) is 0 Å². The highest BCUT2D eigenvalue weighted by atomic mass is 35.5. The number of anilines is 1. The highest BCUT2D eigenvalue weighted by Gasteiger charge is 2.39. The Balaban J connectivity index is 1.80. The van der Waals surface area contributed by atoms with Crippen LogP contribution in [0.15, 0.2) is 42.5 Å². The van der Waals surface area contributed by atoms with Crippen molar-refractivity contribution in [1.29, 1.82) is 0 Å². The zero-order chi connectivity index (χ0) is 15.0. The van der Waals surface area contributed by atoms with Crippen LogP contribution in [0.25, 0.3) is 0 Å². The summed E-state index contributed by atoms with van der Waals surface area (Å²) in [6, 6.07) is 12.1. The van der Waals surface area contributed by atoms with Crippen molar-refractivity contribution >= 4 is 23.0 Å². The normalized spacial score (nSPS) is 20.1. The van der Waals surface area contributed by atoms with Gasteiger partial charge in [-0.2, -0.15) is 0 Å². The van der Waals surface area contributed by atoms with E-state index in [4.69, 9.17) is 11.6 Å². The van der Waals surface area contributed by atoms with E-state index in [1.54, 1.807) is 0 Å². The monoisotopic (exact) mass is 306 g/mol. The largest absolute Gasteiger partial charge is 0.376 e. The van der Waals surface area contributed by atoms with E-state index < -0.39 is 10.7 Å². The number of nitro benzene ring substituents is 1. The molecule has 0 aliphatic heterocycles. The van der Waals surface area contributed by atoms with Gasteiger partial charge in [0.05, 0.1) is 9.95 Å². The lowest BCUT2D eigenvalue weighted by atomic mass is 10.1. The molecule has 0 aromatic heterocycles. The standard InChI is InChI=1S/C15H12ClFN2O2/c16-11-7-15(19(20)21)14(8-12(11)17)18-13-6-10(13)9-4-2-1-3-5-9/h1-5,7-8,10,13,18H,6H2. The molecule has 1 aliphatic rings. The Hall–Kier alpha value is -2.14. The fraction of sp³-hybridized carbons (Fsp3) is 0.200. The van der Waals surface area contributed by atoms with Gasteiger partial charge >= 0.3 is 0 Å². The zero-order valence-electron chi connectivity index (χ0n) is 10.9. The van der Waals surface area contributed by atoms with E-state index in [2.05, 4.69) is 5.32 Å². The smallest absolute Gasteiger partial charge is 0.294 e. The first-order valence-electron chi connectivity index (χ1n) is 6.51. The fourth-order valence-electron chi connectivity index (χ4n) is 2.43. The van der Waals surface area contributed by atoms with Gasteiger partial charge in [-0.3, -0.25) is 10.1 Å². The summed E-state index contributed by atoms with van der Waals surface area (Å²) in [6.45, 7) is 0. The van der Waals surface area contributed by atoms with Crippen LogP contribution in [-0.4, -0.2) is 11.0 Å². The molecule has 108 valence electrons. The van der Waals surface area contributed by atoms with Crippen molar-refractivity contribution in [2.24, 2.45) is 0 Å². The summed E-state index contributed by atoms with van der Waals surface area (Å²) in [4.78, 5) is 10.5. The minimum absolute atomic E-state index is 0.0756. The summed E-state index contributed by atoms with van der Waals surface area (Å²) in [5, 5.41) is 13.8. The number of hydrogen-bond donors (Lipinski definition) is 1. The summed E-state index contributed by atoms with van der Waals surface area (Å²) in [7, 11) is 0. The topological polar surface area (TPSA) is 55.2 Å². The third-order valence-electron chi connectivity index (χ3n) is 3.59. The second-order valence-electron chi connectivity index (χ2n) is 5.04. The van der Waals surface area contributed by atoms with Crippen LogP contribution < -0.4 is 5.32 Å². The van der Waals surface area contributed by atoms with Crippen LogP contribution >= 0.6 is 11.6 Å². The second-order valence-corrected chi connectivity index (χ2v) is 5.45. The summed E-state index contributed by atoms with van der Waals surface area (Å²) in [6.07, 6.45) is 0.866. The van der Waals surface area contributed by atoms with Crippen molar-refractivity contribution in [2.75, 3.05) is 5.32 Å². The van der Waals surface area contributed by atoms with E-state index in [-0.39, 0.29) is 22.4 Å². The Bertz CT molecular complexity index is 694. The molecular weight excluding hydrogens is 295 g/mol. The van der Waals surface area contributed by atoms with Gasteiger partial charge in [0.2, 0.25) is 0 Å².